The standard InChI is InChI=1S/C22H27N7O2.HI/c1-23-22(29-13-11-28(12-14-29)18-5-3-4-6-19(18)30)24-15-20-25-21(27-26-20)16-7-9-17(31-2)10-8-16;/h3-10,30H,11-15H2,1-2H3,(H,23,24)(H,25,26,27);1H. The Morgan fingerprint density at radius 2 is 1.84 bits per heavy atom. The summed E-state index contributed by atoms with van der Waals surface area (Å²) in [7, 11) is 3.42. The SMILES string of the molecule is CN=C(NCc1nc(-c2ccc(OC)cc2)n[nH]1)N1CCN(c2ccccc2O)CC1.I. The smallest absolute Gasteiger partial charge is 0.194 e. The number of ether oxygens (including phenoxy) is 1. The number of para-hydroxylation sites is 2. The van der Waals surface area contributed by atoms with Crippen LogP contribution in [0.4, 0.5) is 5.69 Å². The molecule has 1 aliphatic rings. The summed E-state index contributed by atoms with van der Waals surface area (Å²) in [5.41, 5.74) is 1.80. The molecule has 0 radical (unpaired) electrons. The molecule has 1 fully saturated rings. The number of methoxy groups -OCH3 is 1. The minimum absolute atomic E-state index is 0. The van der Waals surface area contributed by atoms with Crippen molar-refractivity contribution in [1.29, 1.82) is 0 Å². The molecule has 3 N–H and O–H groups in total. The van der Waals surface area contributed by atoms with E-state index in [9.17, 15) is 5.11 Å². The number of anilines is 1. The fraction of sp³-hybridized carbons (Fsp3) is 0.318. The number of halogens is 1. The van der Waals surface area contributed by atoms with Crippen LogP contribution in [0.15, 0.2) is 53.5 Å². The van der Waals surface area contributed by atoms with Gasteiger partial charge in [-0.25, -0.2) is 4.98 Å². The lowest BCUT2D eigenvalue weighted by Gasteiger charge is -2.37. The van der Waals surface area contributed by atoms with Gasteiger partial charge in [0.2, 0.25) is 0 Å². The van der Waals surface area contributed by atoms with Crippen LogP contribution in [0.1, 0.15) is 5.82 Å². The van der Waals surface area contributed by atoms with Gasteiger partial charge in [-0.05, 0) is 36.4 Å². The number of guanidine groups is 1. The van der Waals surface area contributed by atoms with Gasteiger partial charge in [0.1, 0.15) is 17.3 Å². The molecule has 1 aliphatic heterocycles. The maximum atomic E-state index is 10.1. The number of nitrogens with one attached hydrogen (secondary N) is 2. The molecule has 2 aromatic carbocycles. The van der Waals surface area contributed by atoms with E-state index < -0.39 is 0 Å². The van der Waals surface area contributed by atoms with E-state index in [1.165, 1.54) is 0 Å². The number of aliphatic imine (C=N–C) groups is 1. The molecule has 4 rings (SSSR count). The number of aromatic amines is 1. The Morgan fingerprint density at radius 3 is 2.50 bits per heavy atom. The Morgan fingerprint density at radius 1 is 1.12 bits per heavy atom. The predicted molar refractivity (Wildman–Crippen MR) is 136 cm³/mol. The number of phenols is 1. The Hall–Kier alpha value is -3.02. The van der Waals surface area contributed by atoms with Crippen LogP contribution in [0.2, 0.25) is 0 Å². The van der Waals surface area contributed by atoms with Gasteiger partial charge < -0.3 is 25.0 Å². The van der Waals surface area contributed by atoms with Crippen LogP contribution in [0.5, 0.6) is 11.5 Å². The number of H-pyrrole nitrogens is 1. The van der Waals surface area contributed by atoms with Crippen molar-refractivity contribution in [3.05, 3.63) is 54.4 Å². The van der Waals surface area contributed by atoms with Crippen molar-refractivity contribution in [1.82, 2.24) is 25.4 Å². The third kappa shape index (κ3) is 5.42. The number of phenolic OH excluding ortho intramolecular Hbond substituents is 1. The Labute approximate surface area is 204 Å². The second-order valence-corrected chi connectivity index (χ2v) is 7.20. The maximum Gasteiger partial charge on any atom is 0.194 e. The summed E-state index contributed by atoms with van der Waals surface area (Å²) < 4.78 is 5.19. The van der Waals surface area contributed by atoms with Crippen LogP contribution < -0.4 is 15.0 Å². The van der Waals surface area contributed by atoms with Gasteiger partial charge in [-0.1, -0.05) is 12.1 Å². The molecule has 0 atom stereocenters. The van der Waals surface area contributed by atoms with E-state index in [-0.39, 0.29) is 24.0 Å². The van der Waals surface area contributed by atoms with E-state index in [0.717, 1.165) is 55.0 Å². The van der Waals surface area contributed by atoms with Gasteiger partial charge in [0, 0.05) is 38.8 Å². The third-order valence-corrected chi connectivity index (χ3v) is 5.31. The quantitative estimate of drug-likeness (QED) is 0.256. The van der Waals surface area contributed by atoms with Crippen molar-refractivity contribution in [2.75, 3.05) is 45.2 Å². The average Bonchev–Trinajstić information content (AvgIpc) is 3.29. The number of rotatable bonds is 5. The van der Waals surface area contributed by atoms with Gasteiger partial charge >= 0.3 is 0 Å². The van der Waals surface area contributed by atoms with Crippen molar-refractivity contribution in [2.24, 2.45) is 4.99 Å². The molecule has 3 aromatic rings. The summed E-state index contributed by atoms with van der Waals surface area (Å²) in [6.45, 7) is 3.73. The van der Waals surface area contributed by atoms with Crippen molar-refractivity contribution >= 4 is 35.6 Å². The lowest BCUT2D eigenvalue weighted by Crippen LogP contribution is -2.52. The molecule has 1 saturated heterocycles. The largest absolute Gasteiger partial charge is 0.506 e. The van der Waals surface area contributed by atoms with Crippen LogP contribution in [-0.2, 0) is 6.54 Å². The Bertz CT molecular complexity index is 1030. The molecule has 0 saturated carbocycles. The zero-order chi connectivity index (χ0) is 21.6. The first-order valence-electron chi connectivity index (χ1n) is 10.2. The summed E-state index contributed by atoms with van der Waals surface area (Å²) in [6.07, 6.45) is 0. The second kappa shape index (κ2) is 11.0. The van der Waals surface area contributed by atoms with E-state index in [0.29, 0.717) is 18.1 Å². The number of benzene rings is 2. The maximum absolute atomic E-state index is 10.1. The normalized spacial score (nSPS) is 14.1. The molecule has 0 bridgehead atoms. The molecule has 10 heteroatoms. The molecule has 9 nitrogen and oxygen atoms in total. The van der Waals surface area contributed by atoms with E-state index >= 15 is 0 Å². The van der Waals surface area contributed by atoms with Crippen LogP contribution in [0, 0.1) is 0 Å². The summed E-state index contributed by atoms with van der Waals surface area (Å²) in [4.78, 5) is 13.4. The second-order valence-electron chi connectivity index (χ2n) is 7.20. The molecule has 0 unspecified atom stereocenters. The fourth-order valence-electron chi connectivity index (χ4n) is 3.63. The van der Waals surface area contributed by atoms with Gasteiger partial charge in [0.25, 0.3) is 0 Å². The molecule has 0 spiro atoms. The van der Waals surface area contributed by atoms with Crippen molar-refractivity contribution in [2.45, 2.75) is 6.54 Å². The first kappa shape index (κ1) is 23.6. The summed E-state index contributed by atoms with van der Waals surface area (Å²) >= 11 is 0. The molecule has 2 heterocycles. The topological polar surface area (TPSA) is 102 Å². The average molecular weight is 549 g/mol. The van der Waals surface area contributed by atoms with Gasteiger partial charge in [0.05, 0.1) is 19.3 Å². The third-order valence-electron chi connectivity index (χ3n) is 5.31. The number of hydrogen-bond donors (Lipinski definition) is 3. The van der Waals surface area contributed by atoms with Gasteiger partial charge in [-0.2, -0.15) is 5.10 Å². The molecule has 170 valence electrons. The molecular formula is C22H28IN7O2. The number of hydrogen-bond acceptors (Lipinski definition) is 6. The van der Waals surface area contributed by atoms with Gasteiger partial charge in [0.15, 0.2) is 11.8 Å². The van der Waals surface area contributed by atoms with E-state index in [4.69, 9.17) is 4.74 Å². The minimum atomic E-state index is 0. The highest BCUT2D eigenvalue weighted by Crippen LogP contribution is 2.27. The van der Waals surface area contributed by atoms with Crippen molar-refractivity contribution < 1.29 is 9.84 Å². The minimum Gasteiger partial charge on any atom is -0.506 e. The lowest BCUT2D eigenvalue weighted by molar-refractivity contribution is 0.369. The van der Waals surface area contributed by atoms with Crippen molar-refractivity contribution in [3.63, 3.8) is 0 Å². The highest BCUT2D eigenvalue weighted by atomic mass is 127. The van der Waals surface area contributed by atoms with Crippen LogP contribution in [0.3, 0.4) is 0 Å². The Kier molecular flexibility index (Phi) is 8.14. The zero-order valence-electron chi connectivity index (χ0n) is 18.2. The first-order valence-corrected chi connectivity index (χ1v) is 10.2. The number of piperazine rings is 1. The summed E-state index contributed by atoms with van der Waals surface area (Å²) in [5.74, 6) is 3.31. The predicted octanol–water partition coefficient (Wildman–Crippen LogP) is 2.70. The number of aromatic hydroxyl groups is 1. The Balaban J connectivity index is 0.00000289. The van der Waals surface area contributed by atoms with E-state index in [2.05, 4.69) is 35.3 Å². The van der Waals surface area contributed by atoms with Crippen LogP contribution in [0.25, 0.3) is 11.4 Å². The number of nitrogens with zero attached hydrogens (tertiary/aromatic N) is 5. The monoisotopic (exact) mass is 549 g/mol. The number of aromatic nitrogens is 3. The van der Waals surface area contributed by atoms with Gasteiger partial charge in [-0.15, -0.1) is 24.0 Å². The lowest BCUT2D eigenvalue weighted by atomic mass is 10.2. The highest BCUT2D eigenvalue weighted by molar-refractivity contribution is 14.0. The molecule has 1 aromatic heterocycles. The zero-order valence-corrected chi connectivity index (χ0v) is 20.5. The van der Waals surface area contributed by atoms with Gasteiger partial charge in [-0.3, -0.25) is 10.1 Å². The molecule has 0 amide bonds. The van der Waals surface area contributed by atoms with E-state index in [1.54, 1.807) is 20.2 Å². The fourth-order valence-corrected chi connectivity index (χ4v) is 3.63. The molecule has 0 aliphatic carbocycles. The highest BCUT2D eigenvalue weighted by Gasteiger charge is 2.21. The molecular weight excluding hydrogens is 521 g/mol. The van der Waals surface area contributed by atoms with Crippen LogP contribution >= 0.6 is 24.0 Å². The summed E-state index contributed by atoms with van der Waals surface area (Å²) in [6, 6.07) is 15.1. The first-order chi connectivity index (χ1) is 15.2. The van der Waals surface area contributed by atoms with Crippen molar-refractivity contribution in [3.8, 4) is 22.9 Å². The molecule has 32 heavy (non-hydrogen) atoms. The van der Waals surface area contributed by atoms with Crippen LogP contribution in [-0.4, -0.2) is 71.5 Å². The van der Waals surface area contributed by atoms with E-state index in [1.807, 2.05) is 42.5 Å². The summed E-state index contributed by atoms with van der Waals surface area (Å²) in [5, 5.41) is 20.7.